The molecule has 0 bridgehead atoms. The molecule has 1 aromatic rings. The van der Waals surface area contributed by atoms with E-state index in [2.05, 4.69) is 5.32 Å². The molecule has 0 aromatic heterocycles. The fourth-order valence-corrected chi connectivity index (χ4v) is 2.97. The SMILES string of the molecule is CC(=O)c1ccc(C(=O)N2CCC(NCC3CC3)CC2)cc1. The van der Waals surface area contributed by atoms with E-state index < -0.39 is 0 Å². The largest absolute Gasteiger partial charge is 0.339 e. The van der Waals surface area contributed by atoms with Gasteiger partial charge in [-0.05, 0) is 57.2 Å². The molecular weight excluding hydrogens is 276 g/mol. The molecule has 0 spiro atoms. The molecule has 4 heteroatoms. The number of carbonyl (C=O) groups is 2. The van der Waals surface area contributed by atoms with Crippen LogP contribution in [0.4, 0.5) is 0 Å². The molecule has 1 aliphatic heterocycles. The molecule has 1 aromatic carbocycles. The van der Waals surface area contributed by atoms with Gasteiger partial charge in [0.1, 0.15) is 0 Å². The van der Waals surface area contributed by atoms with Crippen LogP contribution >= 0.6 is 0 Å². The van der Waals surface area contributed by atoms with Crippen molar-refractivity contribution in [2.24, 2.45) is 5.92 Å². The van der Waals surface area contributed by atoms with Crippen LogP contribution in [0, 0.1) is 5.92 Å². The van der Waals surface area contributed by atoms with Gasteiger partial charge in [-0.25, -0.2) is 0 Å². The third-order valence-electron chi connectivity index (χ3n) is 4.71. The zero-order valence-electron chi connectivity index (χ0n) is 13.2. The number of nitrogens with one attached hydrogen (secondary N) is 1. The number of rotatable bonds is 5. The van der Waals surface area contributed by atoms with Crippen LogP contribution in [0.15, 0.2) is 24.3 Å². The predicted octanol–water partition coefficient (Wildman–Crippen LogP) is 2.49. The van der Waals surface area contributed by atoms with Crippen LogP contribution in [0.5, 0.6) is 0 Å². The summed E-state index contributed by atoms with van der Waals surface area (Å²) in [5, 5.41) is 3.63. The highest BCUT2D eigenvalue weighted by Crippen LogP contribution is 2.28. The minimum absolute atomic E-state index is 0.0292. The van der Waals surface area contributed by atoms with Crippen molar-refractivity contribution >= 4 is 11.7 Å². The second kappa shape index (κ2) is 6.61. The quantitative estimate of drug-likeness (QED) is 0.850. The summed E-state index contributed by atoms with van der Waals surface area (Å²) in [7, 11) is 0. The summed E-state index contributed by atoms with van der Waals surface area (Å²) in [5.41, 5.74) is 1.33. The summed E-state index contributed by atoms with van der Waals surface area (Å²) in [5.74, 6) is 1.01. The predicted molar refractivity (Wildman–Crippen MR) is 86.1 cm³/mol. The normalized spacial score (nSPS) is 19.2. The number of benzene rings is 1. The standard InChI is InChI=1S/C18H24N2O2/c1-13(21)15-4-6-16(7-5-15)18(22)20-10-8-17(9-11-20)19-12-14-2-3-14/h4-7,14,17,19H,2-3,8-12H2,1H3. The van der Waals surface area contributed by atoms with E-state index in [1.54, 1.807) is 24.3 Å². The number of nitrogens with zero attached hydrogens (tertiary/aromatic N) is 1. The number of piperidine rings is 1. The third-order valence-corrected chi connectivity index (χ3v) is 4.71. The van der Waals surface area contributed by atoms with Crippen molar-refractivity contribution in [1.82, 2.24) is 10.2 Å². The number of carbonyl (C=O) groups excluding carboxylic acids is 2. The van der Waals surface area contributed by atoms with Gasteiger partial charge in [-0.2, -0.15) is 0 Å². The van der Waals surface area contributed by atoms with E-state index in [9.17, 15) is 9.59 Å². The monoisotopic (exact) mass is 300 g/mol. The summed E-state index contributed by atoms with van der Waals surface area (Å²) in [6.45, 7) is 4.31. The van der Waals surface area contributed by atoms with Crippen LogP contribution in [0.1, 0.15) is 53.3 Å². The molecule has 22 heavy (non-hydrogen) atoms. The molecule has 0 unspecified atom stereocenters. The molecule has 1 saturated carbocycles. The lowest BCUT2D eigenvalue weighted by Gasteiger charge is -2.32. The van der Waals surface area contributed by atoms with Gasteiger partial charge in [-0.15, -0.1) is 0 Å². The first kappa shape index (κ1) is 15.2. The Bertz CT molecular complexity index is 541. The second-order valence-corrected chi connectivity index (χ2v) is 6.55. The zero-order valence-corrected chi connectivity index (χ0v) is 13.2. The summed E-state index contributed by atoms with van der Waals surface area (Å²) in [6, 6.07) is 7.55. The van der Waals surface area contributed by atoms with Crippen molar-refractivity contribution < 1.29 is 9.59 Å². The van der Waals surface area contributed by atoms with E-state index in [4.69, 9.17) is 0 Å². The first-order valence-electron chi connectivity index (χ1n) is 8.27. The Kier molecular flexibility index (Phi) is 4.57. The van der Waals surface area contributed by atoms with Crippen LogP contribution in [0.25, 0.3) is 0 Å². The number of hydrogen-bond donors (Lipinski definition) is 1. The van der Waals surface area contributed by atoms with Crippen LogP contribution in [-0.4, -0.2) is 42.3 Å². The fourth-order valence-electron chi connectivity index (χ4n) is 2.97. The van der Waals surface area contributed by atoms with Crippen molar-refractivity contribution in [3.8, 4) is 0 Å². The fraction of sp³-hybridized carbons (Fsp3) is 0.556. The molecule has 1 amide bonds. The van der Waals surface area contributed by atoms with Gasteiger partial charge < -0.3 is 10.2 Å². The van der Waals surface area contributed by atoms with Crippen LogP contribution in [0.2, 0.25) is 0 Å². The second-order valence-electron chi connectivity index (χ2n) is 6.55. The first-order valence-corrected chi connectivity index (χ1v) is 8.27. The summed E-state index contributed by atoms with van der Waals surface area (Å²) in [4.78, 5) is 25.7. The molecule has 1 saturated heterocycles. The molecule has 1 N–H and O–H groups in total. The van der Waals surface area contributed by atoms with E-state index in [-0.39, 0.29) is 11.7 Å². The summed E-state index contributed by atoms with van der Waals surface area (Å²) >= 11 is 0. The molecule has 2 fully saturated rings. The number of ketones is 1. The lowest BCUT2D eigenvalue weighted by Crippen LogP contribution is -2.45. The van der Waals surface area contributed by atoms with Gasteiger partial charge in [0.25, 0.3) is 5.91 Å². The number of amides is 1. The molecule has 0 atom stereocenters. The number of likely N-dealkylation sites (tertiary alicyclic amines) is 1. The highest BCUT2D eigenvalue weighted by Gasteiger charge is 2.26. The molecule has 4 nitrogen and oxygen atoms in total. The topological polar surface area (TPSA) is 49.4 Å². The Morgan fingerprint density at radius 2 is 1.64 bits per heavy atom. The van der Waals surface area contributed by atoms with E-state index in [0.717, 1.165) is 38.4 Å². The van der Waals surface area contributed by atoms with Gasteiger partial charge >= 0.3 is 0 Å². The Labute approximate surface area is 131 Å². The van der Waals surface area contributed by atoms with Gasteiger partial charge in [0, 0.05) is 30.3 Å². The molecule has 1 aliphatic carbocycles. The van der Waals surface area contributed by atoms with E-state index in [1.165, 1.54) is 19.8 Å². The van der Waals surface area contributed by atoms with E-state index in [0.29, 0.717) is 17.2 Å². The summed E-state index contributed by atoms with van der Waals surface area (Å²) < 4.78 is 0. The smallest absolute Gasteiger partial charge is 0.253 e. The molecular formula is C18H24N2O2. The van der Waals surface area contributed by atoms with Crippen molar-refractivity contribution in [2.45, 2.75) is 38.6 Å². The number of hydrogen-bond acceptors (Lipinski definition) is 3. The van der Waals surface area contributed by atoms with Gasteiger partial charge in [0.05, 0.1) is 0 Å². The van der Waals surface area contributed by atoms with Crippen molar-refractivity contribution in [2.75, 3.05) is 19.6 Å². The minimum atomic E-state index is 0.0292. The molecule has 1 heterocycles. The average molecular weight is 300 g/mol. The van der Waals surface area contributed by atoms with Gasteiger partial charge in [-0.3, -0.25) is 9.59 Å². The van der Waals surface area contributed by atoms with Gasteiger partial charge in [-0.1, -0.05) is 12.1 Å². The molecule has 0 radical (unpaired) electrons. The minimum Gasteiger partial charge on any atom is -0.339 e. The summed E-state index contributed by atoms with van der Waals surface area (Å²) in [6.07, 6.45) is 4.81. The third kappa shape index (κ3) is 3.74. The van der Waals surface area contributed by atoms with Crippen molar-refractivity contribution in [1.29, 1.82) is 0 Å². The average Bonchev–Trinajstić information content (AvgIpc) is 3.37. The Morgan fingerprint density at radius 1 is 1.05 bits per heavy atom. The Morgan fingerprint density at radius 3 is 2.18 bits per heavy atom. The highest BCUT2D eigenvalue weighted by atomic mass is 16.2. The van der Waals surface area contributed by atoms with Crippen molar-refractivity contribution in [3.63, 3.8) is 0 Å². The zero-order chi connectivity index (χ0) is 15.5. The van der Waals surface area contributed by atoms with Crippen molar-refractivity contribution in [3.05, 3.63) is 35.4 Å². The Balaban J connectivity index is 1.51. The lowest BCUT2D eigenvalue weighted by molar-refractivity contribution is 0.0704. The maximum atomic E-state index is 12.5. The maximum Gasteiger partial charge on any atom is 0.253 e. The van der Waals surface area contributed by atoms with Crippen LogP contribution < -0.4 is 5.32 Å². The maximum absolute atomic E-state index is 12.5. The van der Waals surface area contributed by atoms with E-state index >= 15 is 0 Å². The van der Waals surface area contributed by atoms with Crippen LogP contribution in [0.3, 0.4) is 0 Å². The lowest BCUT2D eigenvalue weighted by atomic mass is 10.0. The van der Waals surface area contributed by atoms with E-state index in [1.807, 2.05) is 4.90 Å². The van der Waals surface area contributed by atoms with Gasteiger partial charge in [0.2, 0.25) is 0 Å². The van der Waals surface area contributed by atoms with Crippen LogP contribution in [-0.2, 0) is 0 Å². The molecule has 118 valence electrons. The Hall–Kier alpha value is -1.68. The molecule has 2 aliphatic rings. The first-order chi connectivity index (χ1) is 10.6. The number of Topliss-reactive ketones (excluding diaryl/α,β-unsaturated/α-hetero) is 1. The van der Waals surface area contributed by atoms with Gasteiger partial charge in [0.15, 0.2) is 5.78 Å². The highest BCUT2D eigenvalue weighted by molar-refractivity contribution is 5.97. The molecule has 3 rings (SSSR count).